The van der Waals surface area contributed by atoms with E-state index >= 15 is 0 Å². The SMILES string of the molecule is COc1ccccc1Oc1cccc(-c2nccc(C)n2)n1. The topological polar surface area (TPSA) is 57.1 Å². The first kappa shape index (κ1) is 14.0. The standard InChI is InChI=1S/C17H15N3O2/c1-12-10-11-18-17(19-12)13-6-5-9-16(20-13)22-15-8-4-3-7-14(15)21-2/h3-11H,1-2H3. The highest BCUT2D eigenvalue weighted by atomic mass is 16.5. The van der Waals surface area contributed by atoms with Gasteiger partial charge in [0, 0.05) is 18.0 Å². The third kappa shape index (κ3) is 3.03. The Balaban J connectivity index is 1.91. The summed E-state index contributed by atoms with van der Waals surface area (Å²) in [6, 6.07) is 14.8. The third-order valence-corrected chi connectivity index (χ3v) is 3.03. The van der Waals surface area contributed by atoms with Gasteiger partial charge in [0.1, 0.15) is 5.69 Å². The predicted octanol–water partition coefficient (Wildman–Crippen LogP) is 3.65. The second kappa shape index (κ2) is 6.22. The molecular weight excluding hydrogens is 278 g/mol. The van der Waals surface area contributed by atoms with Crippen molar-refractivity contribution in [3.8, 4) is 28.9 Å². The van der Waals surface area contributed by atoms with Crippen LogP contribution in [-0.2, 0) is 0 Å². The lowest BCUT2D eigenvalue weighted by molar-refractivity contribution is 0.374. The first-order chi connectivity index (χ1) is 10.8. The van der Waals surface area contributed by atoms with Crippen LogP contribution in [0.15, 0.2) is 54.7 Å². The molecule has 110 valence electrons. The third-order valence-electron chi connectivity index (χ3n) is 3.03. The number of para-hydroxylation sites is 2. The fourth-order valence-electron chi connectivity index (χ4n) is 1.98. The second-order valence-electron chi connectivity index (χ2n) is 4.64. The molecule has 0 aliphatic heterocycles. The van der Waals surface area contributed by atoms with Crippen LogP contribution in [0, 0.1) is 6.92 Å². The molecule has 0 spiro atoms. The lowest BCUT2D eigenvalue weighted by Crippen LogP contribution is -1.96. The average Bonchev–Trinajstić information content (AvgIpc) is 2.56. The number of ether oxygens (including phenoxy) is 2. The lowest BCUT2D eigenvalue weighted by atomic mass is 10.3. The van der Waals surface area contributed by atoms with Crippen molar-refractivity contribution >= 4 is 0 Å². The maximum Gasteiger partial charge on any atom is 0.220 e. The highest BCUT2D eigenvalue weighted by Crippen LogP contribution is 2.30. The Morgan fingerprint density at radius 2 is 1.68 bits per heavy atom. The number of pyridine rings is 1. The van der Waals surface area contributed by atoms with Gasteiger partial charge in [-0.15, -0.1) is 0 Å². The molecule has 22 heavy (non-hydrogen) atoms. The lowest BCUT2D eigenvalue weighted by Gasteiger charge is -2.09. The molecule has 3 aromatic rings. The van der Waals surface area contributed by atoms with Crippen molar-refractivity contribution in [2.75, 3.05) is 7.11 Å². The van der Waals surface area contributed by atoms with E-state index in [-0.39, 0.29) is 0 Å². The Labute approximate surface area is 128 Å². The van der Waals surface area contributed by atoms with Crippen molar-refractivity contribution in [1.29, 1.82) is 0 Å². The van der Waals surface area contributed by atoms with Crippen molar-refractivity contribution in [3.63, 3.8) is 0 Å². The summed E-state index contributed by atoms with van der Waals surface area (Å²) in [5.41, 5.74) is 1.55. The summed E-state index contributed by atoms with van der Waals surface area (Å²) in [6.45, 7) is 1.92. The summed E-state index contributed by atoms with van der Waals surface area (Å²) < 4.78 is 11.1. The quantitative estimate of drug-likeness (QED) is 0.735. The molecule has 0 atom stereocenters. The van der Waals surface area contributed by atoms with Crippen molar-refractivity contribution in [3.05, 3.63) is 60.4 Å². The molecule has 0 N–H and O–H groups in total. The van der Waals surface area contributed by atoms with Crippen LogP contribution in [0.1, 0.15) is 5.69 Å². The molecule has 0 radical (unpaired) electrons. The fraction of sp³-hybridized carbons (Fsp3) is 0.118. The molecule has 2 heterocycles. The van der Waals surface area contributed by atoms with E-state index in [1.54, 1.807) is 19.4 Å². The zero-order valence-corrected chi connectivity index (χ0v) is 12.4. The zero-order valence-electron chi connectivity index (χ0n) is 12.4. The molecule has 0 saturated heterocycles. The van der Waals surface area contributed by atoms with Crippen LogP contribution >= 0.6 is 0 Å². The Morgan fingerprint density at radius 3 is 2.45 bits per heavy atom. The second-order valence-corrected chi connectivity index (χ2v) is 4.64. The van der Waals surface area contributed by atoms with Gasteiger partial charge in [0.15, 0.2) is 17.3 Å². The van der Waals surface area contributed by atoms with Gasteiger partial charge >= 0.3 is 0 Å². The minimum atomic E-state index is 0.465. The van der Waals surface area contributed by atoms with Crippen LogP contribution in [0.4, 0.5) is 0 Å². The molecule has 5 heteroatoms. The fourth-order valence-corrected chi connectivity index (χ4v) is 1.98. The monoisotopic (exact) mass is 293 g/mol. The van der Waals surface area contributed by atoms with Crippen LogP contribution in [0.3, 0.4) is 0 Å². The number of aryl methyl sites for hydroxylation is 1. The van der Waals surface area contributed by atoms with Gasteiger partial charge in [0.05, 0.1) is 7.11 Å². The van der Waals surface area contributed by atoms with Crippen molar-refractivity contribution in [1.82, 2.24) is 15.0 Å². The van der Waals surface area contributed by atoms with Gasteiger partial charge in [-0.2, -0.15) is 0 Å². The van der Waals surface area contributed by atoms with Crippen molar-refractivity contribution < 1.29 is 9.47 Å². The first-order valence-electron chi connectivity index (χ1n) is 6.84. The van der Waals surface area contributed by atoms with Gasteiger partial charge in [0.2, 0.25) is 5.88 Å². The summed E-state index contributed by atoms with van der Waals surface area (Å²) in [5.74, 6) is 2.30. The summed E-state index contributed by atoms with van der Waals surface area (Å²) >= 11 is 0. The first-order valence-corrected chi connectivity index (χ1v) is 6.84. The van der Waals surface area contributed by atoms with E-state index in [0.717, 1.165) is 5.69 Å². The summed E-state index contributed by atoms with van der Waals surface area (Å²) in [4.78, 5) is 13.1. The number of methoxy groups -OCH3 is 1. The Hall–Kier alpha value is -2.95. The van der Waals surface area contributed by atoms with Gasteiger partial charge in [-0.25, -0.2) is 15.0 Å². The maximum absolute atomic E-state index is 5.80. The summed E-state index contributed by atoms with van der Waals surface area (Å²) in [5, 5.41) is 0. The van der Waals surface area contributed by atoms with E-state index in [9.17, 15) is 0 Å². The molecule has 0 bridgehead atoms. The number of nitrogens with zero attached hydrogens (tertiary/aromatic N) is 3. The van der Waals surface area contributed by atoms with E-state index in [1.165, 1.54) is 0 Å². The van der Waals surface area contributed by atoms with Crippen LogP contribution in [0.25, 0.3) is 11.5 Å². The minimum Gasteiger partial charge on any atom is -0.493 e. The molecule has 0 saturated carbocycles. The van der Waals surface area contributed by atoms with Gasteiger partial charge in [-0.05, 0) is 31.2 Å². The van der Waals surface area contributed by atoms with Crippen LogP contribution in [-0.4, -0.2) is 22.1 Å². The van der Waals surface area contributed by atoms with Gasteiger partial charge in [0.25, 0.3) is 0 Å². The zero-order chi connectivity index (χ0) is 15.4. The predicted molar refractivity (Wildman–Crippen MR) is 83.1 cm³/mol. The van der Waals surface area contributed by atoms with E-state index in [4.69, 9.17) is 9.47 Å². The van der Waals surface area contributed by atoms with Crippen LogP contribution in [0.2, 0.25) is 0 Å². The molecule has 1 aromatic carbocycles. The highest BCUT2D eigenvalue weighted by Gasteiger charge is 2.08. The molecule has 0 unspecified atom stereocenters. The largest absolute Gasteiger partial charge is 0.493 e. The molecule has 0 aliphatic carbocycles. The van der Waals surface area contributed by atoms with E-state index < -0.39 is 0 Å². The molecule has 0 fully saturated rings. The molecule has 0 amide bonds. The number of aromatic nitrogens is 3. The summed E-state index contributed by atoms with van der Waals surface area (Å²) in [7, 11) is 1.60. The Morgan fingerprint density at radius 1 is 0.864 bits per heavy atom. The summed E-state index contributed by atoms with van der Waals surface area (Å²) in [6.07, 6.45) is 1.72. The molecule has 5 nitrogen and oxygen atoms in total. The number of benzene rings is 1. The minimum absolute atomic E-state index is 0.465. The van der Waals surface area contributed by atoms with Gasteiger partial charge in [-0.1, -0.05) is 18.2 Å². The van der Waals surface area contributed by atoms with Crippen molar-refractivity contribution in [2.24, 2.45) is 0 Å². The van der Waals surface area contributed by atoms with Gasteiger partial charge in [-0.3, -0.25) is 0 Å². The molecular formula is C17H15N3O2. The van der Waals surface area contributed by atoms with E-state index in [1.807, 2.05) is 49.4 Å². The molecule has 2 aromatic heterocycles. The van der Waals surface area contributed by atoms with Crippen molar-refractivity contribution in [2.45, 2.75) is 6.92 Å². The smallest absolute Gasteiger partial charge is 0.220 e. The molecule has 0 aliphatic rings. The number of rotatable bonds is 4. The normalized spacial score (nSPS) is 10.3. The Bertz CT molecular complexity index is 790. The van der Waals surface area contributed by atoms with E-state index in [0.29, 0.717) is 28.9 Å². The Kier molecular flexibility index (Phi) is 3.96. The number of hydrogen-bond acceptors (Lipinski definition) is 5. The molecule has 3 rings (SSSR count). The maximum atomic E-state index is 5.80. The highest BCUT2D eigenvalue weighted by molar-refractivity contribution is 5.50. The van der Waals surface area contributed by atoms with Crippen LogP contribution in [0.5, 0.6) is 17.4 Å². The van der Waals surface area contributed by atoms with Gasteiger partial charge < -0.3 is 9.47 Å². The average molecular weight is 293 g/mol. The van der Waals surface area contributed by atoms with Crippen LogP contribution < -0.4 is 9.47 Å². The number of hydrogen-bond donors (Lipinski definition) is 0. The van der Waals surface area contributed by atoms with E-state index in [2.05, 4.69) is 15.0 Å².